The van der Waals surface area contributed by atoms with Crippen LogP contribution in [0.5, 0.6) is 0 Å². The molecule has 8 nitrogen and oxygen atoms in total. The number of anilines is 2. The molecule has 0 bridgehead atoms. The van der Waals surface area contributed by atoms with Crippen LogP contribution in [0.2, 0.25) is 5.15 Å². The molecule has 0 saturated carbocycles. The highest BCUT2D eigenvalue weighted by molar-refractivity contribution is 6.29. The number of benzene rings is 1. The zero-order chi connectivity index (χ0) is 24.0. The van der Waals surface area contributed by atoms with Crippen LogP contribution in [-0.2, 0) is 7.05 Å². The fourth-order valence-corrected chi connectivity index (χ4v) is 4.22. The first-order valence-corrected chi connectivity index (χ1v) is 10.7. The summed E-state index contributed by atoms with van der Waals surface area (Å²) in [5.74, 6) is -1.07. The third kappa shape index (κ3) is 4.22. The molecule has 33 heavy (non-hydrogen) atoms. The van der Waals surface area contributed by atoms with Crippen LogP contribution in [0, 0.1) is 6.92 Å². The number of carbonyl (C=O) groups is 1. The van der Waals surface area contributed by atoms with Crippen molar-refractivity contribution >= 4 is 40.1 Å². The van der Waals surface area contributed by atoms with Gasteiger partial charge in [0.2, 0.25) is 5.95 Å². The molecule has 2 aromatic heterocycles. The van der Waals surface area contributed by atoms with Crippen molar-refractivity contribution in [3.8, 4) is 0 Å². The highest BCUT2D eigenvalue weighted by Crippen LogP contribution is 2.30. The van der Waals surface area contributed by atoms with E-state index >= 15 is 0 Å². The summed E-state index contributed by atoms with van der Waals surface area (Å²) >= 11 is 5.84. The van der Waals surface area contributed by atoms with Crippen LogP contribution in [-0.4, -0.2) is 51.0 Å². The normalized spacial score (nSPS) is 19.2. The minimum Gasteiger partial charge on any atom is -0.476 e. The monoisotopic (exact) mass is 477 g/mol. The van der Waals surface area contributed by atoms with Crippen LogP contribution < -0.4 is 15.8 Å². The number of alkyl halides is 2. The summed E-state index contributed by atoms with van der Waals surface area (Å²) in [4.78, 5) is 34.6. The van der Waals surface area contributed by atoms with Crippen LogP contribution in [0.3, 0.4) is 0 Å². The predicted octanol–water partition coefficient (Wildman–Crippen LogP) is 3.66. The van der Waals surface area contributed by atoms with Gasteiger partial charge < -0.3 is 15.3 Å². The molecule has 1 aliphatic heterocycles. The number of rotatable bonds is 5. The standard InChI is InChI=1S/C22H22ClF2N5O3/c1-10-6-12(11(2)26-16-4-5-17(23)27-19(16)21(32)33)18-13(7-10)20(31)29(3)22(28-18)30-8-14(24)15(25)9-30/h4-7,11,14-15,26H,8-9H2,1-3H3,(H,32,33)/t11-,14-,15-/m1/s1. The second-order valence-corrected chi connectivity index (χ2v) is 8.55. The molecule has 0 aliphatic carbocycles. The number of hydrogen-bond acceptors (Lipinski definition) is 6. The molecular formula is C22H22ClF2N5O3. The molecule has 4 rings (SSSR count). The molecule has 0 amide bonds. The number of halogens is 3. The van der Waals surface area contributed by atoms with Crippen molar-refractivity contribution in [3.05, 3.63) is 56.6 Å². The van der Waals surface area contributed by atoms with Gasteiger partial charge in [0.1, 0.15) is 5.15 Å². The average Bonchev–Trinajstić information content (AvgIpc) is 3.09. The minimum atomic E-state index is -1.65. The van der Waals surface area contributed by atoms with Crippen LogP contribution in [0.1, 0.15) is 34.6 Å². The Balaban J connectivity index is 1.82. The number of aromatic nitrogens is 3. The Kier molecular flexibility index (Phi) is 5.96. The number of nitrogens with zero attached hydrogens (tertiary/aromatic N) is 4. The molecule has 2 N–H and O–H groups in total. The van der Waals surface area contributed by atoms with Crippen LogP contribution in [0.15, 0.2) is 29.1 Å². The number of aryl methyl sites for hydroxylation is 1. The molecule has 11 heteroatoms. The molecule has 174 valence electrons. The summed E-state index contributed by atoms with van der Waals surface area (Å²) in [5, 5.41) is 13.0. The van der Waals surface area contributed by atoms with Gasteiger partial charge in [-0.1, -0.05) is 17.7 Å². The Morgan fingerprint density at radius 1 is 1.24 bits per heavy atom. The van der Waals surface area contributed by atoms with Gasteiger partial charge in [-0.25, -0.2) is 23.5 Å². The lowest BCUT2D eigenvalue weighted by Crippen LogP contribution is -2.31. The number of carboxylic acids is 1. The van der Waals surface area contributed by atoms with E-state index in [4.69, 9.17) is 11.6 Å². The second-order valence-electron chi connectivity index (χ2n) is 8.16. The SMILES string of the molecule is Cc1cc([C@@H](C)Nc2ccc(Cl)nc2C(=O)O)c2nc(N3C[C@@H](F)[C@H](F)C3)n(C)c(=O)c2c1. The minimum absolute atomic E-state index is 0.0457. The number of carboxylic acid groups (broad SMARTS) is 1. The zero-order valence-electron chi connectivity index (χ0n) is 18.1. The molecule has 0 unspecified atom stereocenters. The number of pyridine rings is 1. The first-order chi connectivity index (χ1) is 15.6. The quantitative estimate of drug-likeness (QED) is 0.541. The highest BCUT2D eigenvalue weighted by Gasteiger charge is 2.35. The molecule has 0 radical (unpaired) electrons. The molecule has 1 fully saturated rings. The lowest BCUT2D eigenvalue weighted by molar-refractivity contribution is 0.0691. The van der Waals surface area contributed by atoms with E-state index in [-0.39, 0.29) is 41.1 Å². The largest absolute Gasteiger partial charge is 0.476 e. The molecule has 0 spiro atoms. The van der Waals surface area contributed by atoms with Gasteiger partial charge in [0.05, 0.1) is 35.7 Å². The highest BCUT2D eigenvalue weighted by atomic mass is 35.5. The predicted molar refractivity (Wildman–Crippen MR) is 122 cm³/mol. The van der Waals surface area contributed by atoms with Gasteiger partial charge in [-0.2, -0.15) is 0 Å². The number of hydrogen-bond donors (Lipinski definition) is 2. The van der Waals surface area contributed by atoms with Gasteiger partial charge >= 0.3 is 5.97 Å². The summed E-state index contributed by atoms with van der Waals surface area (Å²) in [6, 6.07) is 6.04. The fourth-order valence-electron chi connectivity index (χ4n) is 4.07. The van der Waals surface area contributed by atoms with E-state index in [2.05, 4.69) is 15.3 Å². The van der Waals surface area contributed by atoms with E-state index in [1.165, 1.54) is 28.6 Å². The van der Waals surface area contributed by atoms with Gasteiger partial charge in [0.15, 0.2) is 18.0 Å². The van der Waals surface area contributed by atoms with Gasteiger partial charge in [-0.15, -0.1) is 0 Å². The molecule has 3 atom stereocenters. The van der Waals surface area contributed by atoms with E-state index in [9.17, 15) is 23.5 Å². The number of aromatic carboxylic acids is 1. The third-order valence-electron chi connectivity index (χ3n) is 5.70. The molecule has 1 aliphatic rings. The Bertz CT molecular complexity index is 1310. The topological polar surface area (TPSA) is 100 Å². The molecule has 1 aromatic carbocycles. The van der Waals surface area contributed by atoms with Crippen molar-refractivity contribution in [2.45, 2.75) is 32.2 Å². The van der Waals surface area contributed by atoms with Gasteiger partial charge in [-0.3, -0.25) is 9.36 Å². The summed E-state index contributed by atoms with van der Waals surface area (Å²) in [6.07, 6.45) is -3.30. The van der Waals surface area contributed by atoms with E-state index in [1.807, 2.05) is 13.0 Å². The van der Waals surface area contributed by atoms with Gasteiger partial charge in [-0.05, 0) is 37.6 Å². The molecular weight excluding hydrogens is 456 g/mol. The van der Waals surface area contributed by atoms with Crippen LogP contribution >= 0.6 is 11.6 Å². The molecule has 3 heterocycles. The van der Waals surface area contributed by atoms with E-state index in [1.54, 1.807) is 13.0 Å². The van der Waals surface area contributed by atoms with Crippen molar-refractivity contribution in [3.63, 3.8) is 0 Å². The maximum atomic E-state index is 13.8. The fraction of sp³-hybridized carbons (Fsp3) is 0.364. The van der Waals surface area contributed by atoms with E-state index in [0.717, 1.165) is 5.56 Å². The van der Waals surface area contributed by atoms with Gasteiger partial charge in [0.25, 0.3) is 5.56 Å². The lowest BCUT2D eigenvalue weighted by Gasteiger charge is -2.22. The smallest absolute Gasteiger partial charge is 0.356 e. The van der Waals surface area contributed by atoms with E-state index < -0.39 is 24.4 Å². The average molecular weight is 478 g/mol. The Morgan fingerprint density at radius 2 is 1.91 bits per heavy atom. The van der Waals surface area contributed by atoms with Crippen LogP contribution in [0.25, 0.3) is 10.9 Å². The molecule has 1 saturated heterocycles. The van der Waals surface area contributed by atoms with Crippen LogP contribution in [0.4, 0.5) is 20.4 Å². The first-order valence-electron chi connectivity index (χ1n) is 10.3. The number of fused-ring (bicyclic) bond motifs is 1. The van der Waals surface area contributed by atoms with Crippen molar-refractivity contribution in [2.24, 2.45) is 7.05 Å². The summed E-state index contributed by atoms with van der Waals surface area (Å²) in [5.41, 5.74) is 1.47. The van der Waals surface area contributed by atoms with Crippen molar-refractivity contribution in [1.29, 1.82) is 0 Å². The maximum Gasteiger partial charge on any atom is 0.356 e. The van der Waals surface area contributed by atoms with Crippen molar-refractivity contribution in [1.82, 2.24) is 14.5 Å². The first kappa shape index (κ1) is 22.9. The van der Waals surface area contributed by atoms with Gasteiger partial charge in [0, 0.05) is 12.6 Å². The Labute approximate surface area is 192 Å². The Morgan fingerprint density at radius 3 is 2.55 bits per heavy atom. The van der Waals surface area contributed by atoms with Crippen molar-refractivity contribution < 1.29 is 18.7 Å². The Hall–Kier alpha value is -3.27. The molecule has 3 aromatic rings. The lowest BCUT2D eigenvalue weighted by atomic mass is 10.0. The maximum absolute atomic E-state index is 13.8. The third-order valence-corrected chi connectivity index (χ3v) is 5.91. The zero-order valence-corrected chi connectivity index (χ0v) is 18.9. The van der Waals surface area contributed by atoms with E-state index in [0.29, 0.717) is 16.5 Å². The summed E-state index contributed by atoms with van der Waals surface area (Å²) in [6.45, 7) is 3.23. The summed E-state index contributed by atoms with van der Waals surface area (Å²) in [7, 11) is 1.52. The number of nitrogens with one attached hydrogen (secondary N) is 1. The summed E-state index contributed by atoms with van der Waals surface area (Å²) < 4.78 is 28.9. The van der Waals surface area contributed by atoms with Crippen molar-refractivity contribution in [2.75, 3.05) is 23.3 Å². The second kappa shape index (κ2) is 8.58.